The number of amides is 1. The molecule has 14 heteroatoms. The van der Waals surface area contributed by atoms with Crippen molar-refractivity contribution >= 4 is 98.2 Å². The minimum absolute atomic E-state index is 0.0181. The number of thioether (sulfide) groups is 1. The number of hydrogen-bond donors (Lipinski definition) is 2. The van der Waals surface area contributed by atoms with Crippen molar-refractivity contribution in [2.45, 2.75) is 109 Å². The Labute approximate surface area is 326 Å². The first kappa shape index (κ1) is 42.8. The van der Waals surface area contributed by atoms with Crippen molar-refractivity contribution in [3.8, 4) is 0 Å². The number of nitrogens with zero attached hydrogens (tertiary/aromatic N) is 2. The van der Waals surface area contributed by atoms with E-state index in [4.69, 9.17) is 56.5 Å². The lowest BCUT2D eigenvalue weighted by molar-refractivity contribution is -0.116. The molecule has 1 aliphatic rings. The van der Waals surface area contributed by atoms with Gasteiger partial charge in [-0.25, -0.2) is 9.59 Å². The van der Waals surface area contributed by atoms with Gasteiger partial charge in [0, 0.05) is 6.54 Å². The number of hydrogen-bond acceptors (Lipinski definition) is 9. The van der Waals surface area contributed by atoms with Crippen LogP contribution >= 0.6 is 58.8 Å². The van der Waals surface area contributed by atoms with Crippen molar-refractivity contribution in [1.82, 2.24) is 5.32 Å². The van der Waals surface area contributed by atoms with E-state index in [0.717, 1.165) is 48.9 Å². The maximum Gasteiger partial charge on any atom is 0.338 e. The zero-order valence-electron chi connectivity index (χ0n) is 29.7. The molecule has 0 saturated carbocycles. The minimum atomic E-state index is -0.934. The van der Waals surface area contributed by atoms with E-state index in [2.05, 4.69) is 29.6 Å². The highest BCUT2D eigenvalue weighted by molar-refractivity contribution is 8.24. The van der Waals surface area contributed by atoms with Crippen molar-refractivity contribution in [3.05, 3.63) is 56.5 Å². The molecule has 2 N–H and O–H groups in total. The van der Waals surface area contributed by atoms with Gasteiger partial charge in [0.1, 0.15) is 10.0 Å². The third-order valence-corrected chi connectivity index (χ3v) is 10.6. The molecule has 1 atom stereocenters. The summed E-state index contributed by atoms with van der Waals surface area (Å²) in [7, 11) is 1.24. The second-order valence-corrected chi connectivity index (χ2v) is 15.3. The van der Waals surface area contributed by atoms with Gasteiger partial charge >= 0.3 is 11.9 Å². The van der Waals surface area contributed by atoms with E-state index in [0.29, 0.717) is 33.7 Å². The molecule has 1 heterocycles. The molecule has 0 aliphatic carbocycles. The second-order valence-electron chi connectivity index (χ2n) is 12.3. The van der Waals surface area contributed by atoms with Crippen molar-refractivity contribution in [2.24, 2.45) is 5.10 Å². The Kier molecular flexibility index (Phi) is 19.5. The Morgan fingerprint density at radius 1 is 0.824 bits per heavy atom. The second kappa shape index (κ2) is 23.2. The van der Waals surface area contributed by atoms with Gasteiger partial charge in [-0.1, -0.05) is 150 Å². The molecule has 0 bridgehead atoms. The van der Waals surface area contributed by atoms with Crippen molar-refractivity contribution in [1.29, 1.82) is 0 Å². The number of carbonyl (C=O) groups excluding carboxylic acids is 3. The summed E-state index contributed by atoms with van der Waals surface area (Å²) in [5.74, 6) is -1.40. The third kappa shape index (κ3) is 13.7. The normalized spacial score (nSPS) is 14.0. The monoisotopic (exact) mass is 798 g/mol. The zero-order chi connectivity index (χ0) is 37.2. The molecule has 0 saturated heterocycles. The predicted octanol–water partition coefficient (Wildman–Crippen LogP) is 10.8. The van der Waals surface area contributed by atoms with Crippen LogP contribution in [0, 0.1) is 0 Å². The number of esters is 2. The largest absolute Gasteiger partial charge is 0.465 e. The highest BCUT2D eigenvalue weighted by atomic mass is 35.5. The standard InChI is InChI=1S/C37H49Cl3N4O5S2/c1-4-6-8-9-10-11-12-13-14-15-16-17-21-49-36(47)25-18-19-27(38)30(24-25)42-33-32(51-37(50)41-20-7-5-2)34(45)44(43-33)31-28(39)22-26(23-29(31)40)35(46)48-3/h18-19,22-24,32H,4-17,20-21H2,1-3H3,(H,41,50)(H,42,43). The molecule has 9 nitrogen and oxygen atoms in total. The minimum Gasteiger partial charge on any atom is -0.465 e. The summed E-state index contributed by atoms with van der Waals surface area (Å²) in [5.41, 5.74) is 0.850. The molecule has 2 aromatic carbocycles. The number of anilines is 2. The summed E-state index contributed by atoms with van der Waals surface area (Å²) >= 11 is 26.2. The maximum atomic E-state index is 13.9. The van der Waals surface area contributed by atoms with Gasteiger partial charge in [-0.3, -0.25) is 4.79 Å². The number of nitrogens with one attached hydrogen (secondary N) is 2. The quantitative estimate of drug-likeness (QED) is 0.0724. The van der Waals surface area contributed by atoms with Crippen molar-refractivity contribution in [3.63, 3.8) is 0 Å². The first-order valence-electron chi connectivity index (χ1n) is 17.8. The third-order valence-electron chi connectivity index (χ3n) is 8.26. The number of thiocarbonyl (C=S) groups is 1. The van der Waals surface area contributed by atoms with Crippen LogP contribution in [-0.4, -0.2) is 53.5 Å². The zero-order valence-corrected chi connectivity index (χ0v) is 33.6. The number of amidine groups is 1. The lowest BCUT2D eigenvalue weighted by Gasteiger charge is -2.18. The number of carbonyl (C=O) groups is 3. The Bertz CT molecular complexity index is 1500. The number of ether oxygens (including phenoxy) is 2. The van der Waals surface area contributed by atoms with E-state index in [1.807, 2.05) is 0 Å². The Morgan fingerprint density at radius 2 is 1.41 bits per heavy atom. The van der Waals surface area contributed by atoms with Crippen LogP contribution in [0.25, 0.3) is 0 Å². The average molecular weight is 800 g/mol. The van der Waals surface area contributed by atoms with Crippen LogP contribution in [0.1, 0.15) is 124 Å². The van der Waals surface area contributed by atoms with Gasteiger partial charge in [-0.2, -0.15) is 5.01 Å². The fraction of sp³-hybridized carbons (Fsp3) is 0.541. The molecule has 0 spiro atoms. The van der Waals surface area contributed by atoms with Crippen LogP contribution in [0.5, 0.6) is 0 Å². The summed E-state index contributed by atoms with van der Waals surface area (Å²) in [4.78, 5) is 38.9. The van der Waals surface area contributed by atoms with Crippen LogP contribution in [0.2, 0.25) is 15.1 Å². The smallest absolute Gasteiger partial charge is 0.338 e. The summed E-state index contributed by atoms with van der Waals surface area (Å²) in [5, 5.41) is 11.3. The highest BCUT2D eigenvalue weighted by Gasteiger charge is 2.40. The van der Waals surface area contributed by atoms with Crippen LogP contribution in [0.15, 0.2) is 35.4 Å². The number of unbranched alkanes of at least 4 members (excludes halogenated alkanes) is 12. The highest BCUT2D eigenvalue weighted by Crippen LogP contribution is 2.39. The first-order valence-corrected chi connectivity index (χ1v) is 20.2. The van der Waals surface area contributed by atoms with Crippen LogP contribution in [0.4, 0.5) is 11.4 Å². The molecular formula is C37H49Cl3N4O5S2. The fourth-order valence-electron chi connectivity index (χ4n) is 5.39. The number of benzene rings is 2. The maximum absolute atomic E-state index is 13.9. The summed E-state index contributed by atoms with van der Waals surface area (Å²) in [6.07, 6.45) is 16.5. The summed E-state index contributed by atoms with van der Waals surface area (Å²) < 4.78 is 10.7. The molecule has 2 aromatic rings. The molecule has 1 amide bonds. The molecule has 51 heavy (non-hydrogen) atoms. The van der Waals surface area contributed by atoms with E-state index < -0.39 is 23.1 Å². The van der Waals surface area contributed by atoms with E-state index in [9.17, 15) is 14.4 Å². The van der Waals surface area contributed by atoms with Gasteiger partial charge in [0.05, 0.1) is 45.6 Å². The number of methoxy groups -OCH3 is 1. The van der Waals surface area contributed by atoms with E-state index >= 15 is 0 Å². The van der Waals surface area contributed by atoms with Gasteiger partial charge in [0.25, 0.3) is 5.91 Å². The van der Waals surface area contributed by atoms with E-state index in [-0.39, 0.29) is 27.1 Å². The SMILES string of the molecule is CCCCCCCCCCCCCCOC(=O)c1ccc(Cl)c(NC2=NN(c3c(Cl)cc(C(=O)OC)cc3Cl)C(=O)C2SC(=S)NCCCC)c1. The first-order chi connectivity index (χ1) is 24.6. The molecular weight excluding hydrogens is 751 g/mol. The predicted molar refractivity (Wildman–Crippen MR) is 216 cm³/mol. The van der Waals surface area contributed by atoms with Crippen LogP contribution in [-0.2, 0) is 14.3 Å². The summed E-state index contributed by atoms with van der Waals surface area (Å²) in [6, 6.07) is 7.44. The number of rotatable bonds is 21. The van der Waals surface area contributed by atoms with Crippen molar-refractivity contribution in [2.75, 3.05) is 30.6 Å². The van der Waals surface area contributed by atoms with Gasteiger partial charge in [-0.15, -0.1) is 5.10 Å². The Morgan fingerprint density at radius 3 is 2.00 bits per heavy atom. The molecule has 0 aromatic heterocycles. The van der Waals surface area contributed by atoms with Gasteiger partial charge in [0.2, 0.25) is 0 Å². The average Bonchev–Trinajstić information content (AvgIpc) is 3.40. The topological polar surface area (TPSA) is 109 Å². The van der Waals surface area contributed by atoms with Gasteiger partial charge in [-0.05, 0) is 43.2 Å². The number of halogens is 3. The van der Waals surface area contributed by atoms with Crippen molar-refractivity contribution < 1.29 is 23.9 Å². The van der Waals surface area contributed by atoms with Crippen LogP contribution < -0.4 is 15.6 Å². The molecule has 3 rings (SSSR count). The fourth-order valence-corrected chi connectivity index (χ4v) is 7.41. The van der Waals surface area contributed by atoms with Gasteiger partial charge in [0.15, 0.2) is 11.1 Å². The number of hydrazone groups is 1. The Hall–Kier alpha value is -2.57. The lowest BCUT2D eigenvalue weighted by Crippen LogP contribution is -2.35. The Balaban J connectivity index is 1.66. The molecule has 1 unspecified atom stereocenters. The van der Waals surface area contributed by atoms with Gasteiger partial charge < -0.3 is 20.1 Å². The molecule has 1 aliphatic heterocycles. The molecule has 280 valence electrons. The van der Waals surface area contributed by atoms with E-state index in [1.54, 1.807) is 18.2 Å². The molecule has 0 fully saturated rings. The summed E-state index contributed by atoms with van der Waals surface area (Å²) in [6.45, 7) is 5.28. The van der Waals surface area contributed by atoms with E-state index in [1.165, 1.54) is 77.0 Å². The van der Waals surface area contributed by atoms with Crippen LogP contribution in [0.3, 0.4) is 0 Å². The molecule has 0 radical (unpaired) electrons. The lowest BCUT2D eigenvalue weighted by atomic mass is 10.1.